The molecule has 0 unspecified atom stereocenters. The van der Waals surface area contributed by atoms with E-state index in [-0.39, 0.29) is 5.97 Å². The van der Waals surface area contributed by atoms with E-state index in [1.807, 2.05) is 48.5 Å². The highest BCUT2D eigenvalue weighted by atomic mass is 16.5. The minimum atomic E-state index is -0.341. The van der Waals surface area contributed by atoms with Crippen LogP contribution in [0.2, 0.25) is 0 Å². The molecule has 0 N–H and O–H groups in total. The van der Waals surface area contributed by atoms with Crippen LogP contribution < -0.4 is 9.47 Å². The van der Waals surface area contributed by atoms with E-state index in [0.717, 1.165) is 42.6 Å². The van der Waals surface area contributed by atoms with Crippen LogP contribution in [-0.2, 0) is 6.42 Å². The molecule has 4 heteroatoms. The van der Waals surface area contributed by atoms with Crippen molar-refractivity contribution in [1.82, 2.24) is 0 Å². The van der Waals surface area contributed by atoms with Gasteiger partial charge in [-0.15, -0.1) is 0 Å². The van der Waals surface area contributed by atoms with Gasteiger partial charge in [-0.25, -0.2) is 4.79 Å². The summed E-state index contributed by atoms with van der Waals surface area (Å²) in [6.45, 7) is 7.44. The van der Waals surface area contributed by atoms with E-state index in [1.165, 1.54) is 114 Å². The second-order valence-electron chi connectivity index (χ2n) is 13.6. The molecule has 0 saturated heterocycles. The minimum Gasteiger partial charge on any atom is -0.494 e. The number of hydrogen-bond acceptors (Lipinski definition) is 4. The van der Waals surface area contributed by atoms with Crippen molar-refractivity contribution in [3.8, 4) is 17.6 Å². The fourth-order valence-electron chi connectivity index (χ4n) is 6.53. The number of aryl methyl sites for hydroxylation is 1. The SMILES string of the molecule is CCCCCC1CCC(c2ccc(C#N)cc2)CC1.CCCCCCCCOc1ccc(C(=O)Oc2ccc(CCCCC)cc2)cc1. The maximum Gasteiger partial charge on any atom is 0.343 e. The molecule has 4 nitrogen and oxygen atoms in total. The fourth-order valence-corrected chi connectivity index (χ4v) is 6.53. The Hall–Kier alpha value is -3.58. The number of carbonyl (C=O) groups is 1. The van der Waals surface area contributed by atoms with Crippen LogP contribution in [0.1, 0.15) is 163 Å². The van der Waals surface area contributed by atoms with Crippen molar-refractivity contribution in [1.29, 1.82) is 5.26 Å². The maximum absolute atomic E-state index is 12.3. The molecular weight excluding hydrogens is 590 g/mol. The summed E-state index contributed by atoms with van der Waals surface area (Å²) >= 11 is 0. The Morgan fingerprint density at radius 2 is 1.25 bits per heavy atom. The maximum atomic E-state index is 12.3. The predicted molar refractivity (Wildman–Crippen MR) is 200 cm³/mol. The highest BCUT2D eigenvalue weighted by Gasteiger charge is 2.22. The summed E-state index contributed by atoms with van der Waals surface area (Å²) in [4.78, 5) is 12.3. The first kappa shape index (κ1) is 38.9. The molecule has 0 aromatic heterocycles. The minimum absolute atomic E-state index is 0.341. The number of nitrogens with zero attached hydrogens (tertiary/aromatic N) is 1. The van der Waals surface area contributed by atoms with Gasteiger partial charge in [-0.3, -0.25) is 0 Å². The average molecular weight is 652 g/mol. The molecular formula is C44H61NO3. The summed E-state index contributed by atoms with van der Waals surface area (Å²) in [5, 5.41) is 8.83. The molecule has 4 rings (SSSR count). The summed E-state index contributed by atoms with van der Waals surface area (Å²) in [5.41, 5.74) is 4.03. The van der Waals surface area contributed by atoms with E-state index in [4.69, 9.17) is 14.7 Å². The lowest BCUT2D eigenvalue weighted by Crippen LogP contribution is -2.13. The van der Waals surface area contributed by atoms with Gasteiger partial charge in [0.15, 0.2) is 0 Å². The van der Waals surface area contributed by atoms with Crippen LogP contribution in [0, 0.1) is 17.2 Å². The van der Waals surface area contributed by atoms with E-state index in [0.29, 0.717) is 11.3 Å². The number of hydrogen-bond donors (Lipinski definition) is 0. The van der Waals surface area contributed by atoms with Crippen LogP contribution in [-0.4, -0.2) is 12.6 Å². The molecule has 1 aliphatic carbocycles. The van der Waals surface area contributed by atoms with Crippen molar-refractivity contribution >= 4 is 5.97 Å². The molecule has 0 heterocycles. The Kier molecular flexibility index (Phi) is 19.2. The predicted octanol–water partition coefficient (Wildman–Crippen LogP) is 12.8. The average Bonchev–Trinajstić information content (AvgIpc) is 3.13. The number of esters is 1. The molecule has 3 aromatic rings. The van der Waals surface area contributed by atoms with Gasteiger partial charge < -0.3 is 9.47 Å². The zero-order chi connectivity index (χ0) is 34.2. The smallest absolute Gasteiger partial charge is 0.343 e. The van der Waals surface area contributed by atoms with Crippen LogP contribution in [0.5, 0.6) is 11.5 Å². The standard InChI is InChI=1S/C26H36O3.C18H25N/c1-3-5-7-8-9-11-21-28-24-19-15-23(16-20-24)26(27)29-25-17-13-22(14-18-25)12-10-6-4-2;1-2-3-4-5-15-6-10-17(11-7-15)18-12-8-16(14-19)9-13-18/h13-20H,3-12,21H2,1-2H3;8-9,12-13,15,17H,2-7,10-11H2,1H3. The molecule has 0 atom stereocenters. The normalized spacial score (nSPS) is 15.5. The van der Waals surface area contributed by atoms with E-state index in [1.54, 1.807) is 12.1 Å². The van der Waals surface area contributed by atoms with Gasteiger partial charge >= 0.3 is 5.97 Å². The van der Waals surface area contributed by atoms with Crippen LogP contribution in [0.3, 0.4) is 0 Å². The first-order chi connectivity index (χ1) is 23.6. The van der Waals surface area contributed by atoms with Gasteiger partial charge in [0, 0.05) is 0 Å². The molecule has 1 saturated carbocycles. The Labute approximate surface area is 292 Å². The number of unbranched alkanes of at least 4 members (excludes halogenated alkanes) is 9. The number of nitriles is 1. The van der Waals surface area contributed by atoms with Crippen molar-refractivity contribution in [2.75, 3.05) is 6.61 Å². The van der Waals surface area contributed by atoms with Crippen molar-refractivity contribution in [2.45, 2.75) is 142 Å². The van der Waals surface area contributed by atoms with Gasteiger partial charge in [-0.1, -0.05) is 116 Å². The van der Waals surface area contributed by atoms with Gasteiger partial charge in [-0.2, -0.15) is 5.26 Å². The van der Waals surface area contributed by atoms with Gasteiger partial charge in [0.2, 0.25) is 0 Å². The Bertz CT molecular complexity index is 1300. The molecule has 3 aromatic carbocycles. The summed E-state index contributed by atoms with van der Waals surface area (Å²) < 4.78 is 11.3. The highest BCUT2D eigenvalue weighted by Crippen LogP contribution is 2.37. The zero-order valence-corrected chi connectivity index (χ0v) is 30.2. The van der Waals surface area contributed by atoms with Crippen molar-refractivity contribution < 1.29 is 14.3 Å². The lowest BCUT2D eigenvalue weighted by Gasteiger charge is -2.28. The van der Waals surface area contributed by atoms with Crippen molar-refractivity contribution in [3.05, 3.63) is 95.1 Å². The monoisotopic (exact) mass is 651 g/mol. The second-order valence-corrected chi connectivity index (χ2v) is 13.6. The Morgan fingerprint density at radius 1 is 0.667 bits per heavy atom. The molecule has 1 fully saturated rings. The number of benzene rings is 3. The molecule has 1 aliphatic rings. The third kappa shape index (κ3) is 15.1. The summed E-state index contributed by atoms with van der Waals surface area (Å²) in [5.74, 6) is 2.74. The molecule has 0 bridgehead atoms. The lowest BCUT2D eigenvalue weighted by atomic mass is 9.77. The number of carbonyl (C=O) groups excluding carboxylic acids is 1. The largest absolute Gasteiger partial charge is 0.494 e. The Morgan fingerprint density at radius 3 is 1.90 bits per heavy atom. The molecule has 0 aliphatic heterocycles. The van der Waals surface area contributed by atoms with Crippen molar-refractivity contribution in [2.24, 2.45) is 5.92 Å². The van der Waals surface area contributed by atoms with Crippen LogP contribution in [0.15, 0.2) is 72.8 Å². The first-order valence-corrected chi connectivity index (χ1v) is 19.1. The topological polar surface area (TPSA) is 59.3 Å². The lowest BCUT2D eigenvalue weighted by molar-refractivity contribution is 0.0734. The van der Waals surface area contributed by atoms with Gasteiger partial charge in [0.1, 0.15) is 11.5 Å². The molecule has 48 heavy (non-hydrogen) atoms. The summed E-state index contributed by atoms with van der Waals surface area (Å²) in [7, 11) is 0. The van der Waals surface area contributed by atoms with Crippen LogP contribution in [0.25, 0.3) is 0 Å². The number of rotatable bonds is 19. The summed E-state index contributed by atoms with van der Waals surface area (Å²) in [6.07, 6.45) is 23.3. The zero-order valence-electron chi connectivity index (χ0n) is 30.2. The summed E-state index contributed by atoms with van der Waals surface area (Å²) in [6, 6.07) is 25.4. The molecule has 0 spiro atoms. The van der Waals surface area contributed by atoms with Gasteiger partial charge in [0.25, 0.3) is 0 Å². The number of ether oxygens (including phenoxy) is 2. The van der Waals surface area contributed by atoms with E-state index < -0.39 is 0 Å². The highest BCUT2D eigenvalue weighted by molar-refractivity contribution is 5.91. The van der Waals surface area contributed by atoms with Crippen LogP contribution >= 0.6 is 0 Å². The van der Waals surface area contributed by atoms with E-state index in [2.05, 4.69) is 39.0 Å². The van der Waals surface area contributed by atoms with Crippen molar-refractivity contribution in [3.63, 3.8) is 0 Å². The Balaban J connectivity index is 0.000000284. The van der Waals surface area contributed by atoms with E-state index >= 15 is 0 Å². The molecule has 0 radical (unpaired) electrons. The van der Waals surface area contributed by atoms with Gasteiger partial charge in [0.05, 0.1) is 23.8 Å². The van der Waals surface area contributed by atoms with Gasteiger partial charge in [-0.05, 0) is 116 Å². The van der Waals surface area contributed by atoms with E-state index in [9.17, 15) is 4.79 Å². The third-order valence-electron chi connectivity index (χ3n) is 9.63. The molecule has 0 amide bonds. The van der Waals surface area contributed by atoms with Crippen LogP contribution in [0.4, 0.5) is 0 Å². The second kappa shape index (κ2) is 23.7. The first-order valence-electron chi connectivity index (χ1n) is 19.1. The third-order valence-corrected chi connectivity index (χ3v) is 9.63. The quantitative estimate of drug-likeness (QED) is 0.0735. The fraction of sp³-hybridized carbons (Fsp3) is 0.545. The molecule has 260 valence electrons.